The molecule has 0 aromatic heterocycles. The van der Waals surface area contributed by atoms with Crippen molar-refractivity contribution in [3.8, 4) is 0 Å². The number of benzene rings is 1. The summed E-state index contributed by atoms with van der Waals surface area (Å²) >= 11 is 0. The van der Waals surface area contributed by atoms with Crippen LogP contribution in [0.5, 0.6) is 0 Å². The molecule has 0 radical (unpaired) electrons. The van der Waals surface area contributed by atoms with Crippen molar-refractivity contribution in [2.24, 2.45) is 0 Å². The minimum atomic E-state index is 0.769. The largest absolute Gasteiger partial charge is 0.383 e. The molecule has 0 aliphatic rings. The third kappa shape index (κ3) is 3.90. The Balaban J connectivity index is 2.42. The highest BCUT2D eigenvalue weighted by atomic mass is 16.5. The summed E-state index contributed by atoms with van der Waals surface area (Å²) in [6.07, 6.45) is 0. The summed E-state index contributed by atoms with van der Waals surface area (Å²) in [5.74, 6) is 0. The van der Waals surface area contributed by atoms with Crippen molar-refractivity contribution in [3.63, 3.8) is 0 Å². The monoisotopic (exact) mass is 193 g/mol. The van der Waals surface area contributed by atoms with Crippen LogP contribution in [0.1, 0.15) is 16.7 Å². The molecule has 78 valence electrons. The van der Waals surface area contributed by atoms with Crippen LogP contribution in [0.4, 0.5) is 0 Å². The van der Waals surface area contributed by atoms with E-state index >= 15 is 0 Å². The summed E-state index contributed by atoms with van der Waals surface area (Å²) in [4.78, 5) is 0. The van der Waals surface area contributed by atoms with Crippen molar-refractivity contribution in [2.45, 2.75) is 20.4 Å². The molecule has 0 unspecified atom stereocenters. The number of ether oxygens (including phenoxy) is 1. The quantitative estimate of drug-likeness (QED) is 0.723. The molecule has 0 fully saturated rings. The third-order valence-electron chi connectivity index (χ3n) is 2.09. The number of hydrogen-bond donors (Lipinski definition) is 1. The lowest BCUT2D eigenvalue weighted by Gasteiger charge is -2.06. The van der Waals surface area contributed by atoms with Gasteiger partial charge in [-0.05, 0) is 19.4 Å². The van der Waals surface area contributed by atoms with Gasteiger partial charge >= 0.3 is 0 Å². The predicted octanol–water partition coefficient (Wildman–Crippen LogP) is 2.04. The Morgan fingerprint density at radius 3 is 2.36 bits per heavy atom. The summed E-state index contributed by atoms with van der Waals surface area (Å²) in [5.41, 5.74) is 4.00. The summed E-state index contributed by atoms with van der Waals surface area (Å²) in [7, 11) is 1.72. The van der Waals surface area contributed by atoms with Crippen LogP contribution in [0, 0.1) is 13.8 Å². The van der Waals surface area contributed by atoms with Crippen LogP contribution in [0.25, 0.3) is 0 Å². The van der Waals surface area contributed by atoms with Gasteiger partial charge in [0.05, 0.1) is 6.61 Å². The Morgan fingerprint density at radius 1 is 1.14 bits per heavy atom. The van der Waals surface area contributed by atoms with E-state index < -0.39 is 0 Å². The number of hydrogen-bond acceptors (Lipinski definition) is 2. The van der Waals surface area contributed by atoms with Crippen LogP contribution >= 0.6 is 0 Å². The Labute approximate surface area is 86.3 Å². The zero-order chi connectivity index (χ0) is 10.4. The highest BCUT2D eigenvalue weighted by Crippen LogP contribution is 2.08. The summed E-state index contributed by atoms with van der Waals surface area (Å²) < 4.78 is 4.96. The van der Waals surface area contributed by atoms with Gasteiger partial charge in [0.25, 0.3) is 0 Å². The molecule has 1 N–H and O–H groups in total. The summed E-state index contributed by atoms with van der Waals surface area (Å²) in [6.45, 7) is 6.86. The van der Waals surface area contributed by atoms with Crippen LogP contribution in [0.2, 0.25) is 0 Å². The lowest BCUT2D eigenvalue weighted by atomic mass is 10.1. The molecule has 0 amide bonds. The highest BCUT2D eigenvalue weighted by molar-refractivity contribution is 5.28. The highest BCUT2D eigenvalue weighted by Gasteiger charge is 1.95. The van der Waals surface area contributed by atoms with E-state index in [9.17, 15) is 0 Å². The molecule has 0 aliphatic heterocycles. The van der Waals surface area contributed by atoms with Gasteiger partial charge in [-0.2, -0.15) is 0 Å². The molecule has 14 heavy (non-hydrogen) atoms. The van der Waals surface area contributed by atoms with E-state index in [1.54, 1.807) is 7.11 Å². The second-order valence-corrected chi connectivity index (χ2v) is 3.67. The molecule has 2 heteroatoms. The lowest BCUT2D eigenvalue weighted by Crippen LogP contribution is -2.18. The van der Waals surface area contributed by atoms with Crippen molar-refractivity contribution in [1.82, 2.24) is 5.32 Å². The second kappa shape index (κ2) is 5.78. The van der Waals surface area contributed by atoms with Crippen LogP contribution in [0.3, 0.4) is 0 Å². The molecule has 1 rings (SSSR count). The topological polar surface area (TPSA) is 21.3 Å². The minimum Gasteiger partial charge on any atom is -0.383 e. The summed E-state index contributed by atoms with van der Waals surface area (Å²) in [6, 6.07) is 6.62. The predicted molar refractivity (Wildman–Crippen MR) is 59.5 cm³/mol. The van der Waals surface area contributed by atoms with E-state index in [0.717, 1.165) is 19.7 Å². The maximum Gasteiger partial charge on any atom is 0.0587 e. The zero-order valence-corrected chi connectivity index (χ0v) is 9.26. The zero-order valence-electron chi connectivity index (χ0n) is 9.26. The summed E-state index contributed by atoms with van der Waals surface area (Å²) in [5, 5.41) is 3.33. The van der Waals surface area contributed by atoms with Crippen molar-refractivity contribution < 1.29 is 4.74 Å². The van der Waals surface area contributed by atoms with E-state index in [4.69, 9.17) is 4.74 Å². The normalized spacial score (nSPS) is 10.5. The van der Waals surface area contributed by atoms with Gasteiger partial charge in [-0.25, -0.2) is 0 Å². The smallest absolute Gasteiger partial charge is 0.0587 e. The minimum absolute atomic E-state index is 0.769. The van der Waals surface area contributed by atoms with Gasteiger partial charge in [-0.3, -0.25) is 0 Å². The Hall–Kier alpha value is -0.860. The van der Waals surface area contributed by atoms with E-state index in [-0.39, 0.29) is 0 Å². The maximum absolute atomic E-state index is 4.96. The van der Waals surface area contributed by atoms with E-state index in [0.29, 0.717) is 0 Å². The molecule has 0 saturated heterocycles. The molecular weight excluding hydrogens is 174 g/mol. The van der Waals surface area contributed by atoms with Crippen LogP contribution in [-0.4, -0.2) is 20.3 Å². The average molecular weight is 193 g/mol. The molecule has 0 heterocycles. The average Bonchev–Trinajstić information content (AvgIpc) is 2.11. The van der Waals surface area contributed by atoms with E-state index in [2.05, 4.69) is 37.4 Å². The first kappa shape index (κ1) is 11.2. The Bertz CT molecular complexity index is 263. The number of aryl methyl sites for hydroxylation is 2. The molecule has 0 aliphatic carbocycles. The van der Waals surface area contributed by atoms with Gasteiger partial charge in [0.1, 0.15) is 0 Å². The first-order chi connectivity index (χ1) is 6.72. The molecule has 0 saturated carbocycles. The standard InChI is InChI=1S/C12H19NO/c1-10-6-11(2)8-12(7-10)9-13-4-5-14-3/h6-8,13H,4-5,9H2,1-3H3. The first-order valence-corrected chi connectivity index (χ1v) is 4.99. The SMILES string of the molecule is COCCNCc1cc(C)cc(C)c1. The molecular formula is C12H19NO. The van der Waals surface area contributed by atoms with Crippen molar-refractivity contribution in [3.05, 3.63) is 34.9 Å². The molecule has 1 aromatic carbocycles. The van der Waals surface area contributed by atoms with Crippen molar-refractivity contribution in [2.75, 3.05) is 20.3 Å². The Morgan fingerprint density at radius 2 is 1.79 bits per heavy atom. The number of methoxy groups -OCH3 is 1. The Kier molecular flexibility index (Phi) is 4.63. The van der Waals surface area contributed by atoms with Crippen molar-refractivity contribution in [1.29, 1.82) is 0 Å². The number of rotatable bonds is 5. The fourth-order valence-corrected chi connectivity index (χ4v) is 1.58. The molecule has 2 nitrogen and oxygen atoms in total. The molecule has 1 aromatic rings. The van der Waals surface area contributed by atoms with E-state index in [1.807, 2.05) is 0 Å². The maximum atomic E-state index is 4.96. The molecule has 0 spiro atoms. The first-order valence-electron chi connectivity index (χ1n) is 4.99. The van der Waals surface area contributed by atoms with Gasteiger partial charge in [0.15, 0.2) is 0 Å². The lowest BCUT2D eigenvalue weighted by molar-refractivity contribution is 0.199. The van der Waals surface area contributed by atoms with E-state index in [1.165, 1.54) is 16.7 Å². The second-order valence-electron chi connectivity index (χ2n) is 3.67. The fourth-order valence-electron chi connectivity index (χ4n) is 1.58. The van der Waals surface area contributed by atoms with Gasteiger partial charge in [0, 0.05) is 20.2 Å². The fraction of sp³-hybridized carbons (Fsp3) is 0.500. The van der Waals surface area contributed by atoms with Gasteiger partial charge in [-0.1, -0.05) is 29.3 Å². The van der Waals surface area contributed by atoms with Crippen molar-refractivity contribution >= 4 is 0 Å². The van der Waals surface area contributed by atoms with Crippen LogP contribution in [0.15, 0.2) is 18.2 Å². The molecule has 0 bridgehead atoms. The third-order valence-corrected chi connectivity index (χ3v) is 2.09. The van der Waals surface area contributed by atoms with Gasteiger partial charge < -0.3 is 10.1 Å². The molecule has 0 atom stereocenters. The van der Waals surface area contributed by atoms with Gasteiger partial charge in [0.2, 0.25) is 0 Å². The van der Waals surface area contributed by atoms with Crippen LogP contribution in [-0.2, 0) is 11.3 Å². The number of nitrogens with one attached hydrogen (secondary N) is 1. The van der Waals surface area contributed by atoms with Crippen LogP contribution < -0.4 is 5.32 Å². The van der Waals surface area contributed by atoms with Gasteiger partial charge in [-0.15, -0.1) is 0 Å².